The lowest BCUT2D eigenvalue weighted by Gasteiger charge is -2.25. The number of aliphatic carboxylic acids is 1. The molecule has 0 saturated heterocycles. The van der Waals surface area contributed by atoms with Crippen molar-refractivity contribution in [2.24, 2.45) is 4.99 Å². The standard InChI is InChI=1S/C20H23NO6/c1-5-20(11-15(22)23)16(19(25)27-6-2)12(3)17(21-20)18(24)13-7-9-14(26-4)10-8-13/h7-10H,5-6,11H2,1-4H3,(H,22,23). The van der Waals surface area contributed by atoms with Crippen LogP contribution in [0.5, 0.6) is 5.75 Å². The molecule has 27 heavy (non-hydrogen) atoms. The van der Waals surface area contributed by atoms with Crippen LogP contribution in [0.25, 0.3) is 0 Å². The Balaban J connectivity index is 2.54. The van der Waals surface area contributed by atoms with Crippen LogP contribution in [-0.2, 0) is 14.3 Å². The van der Waals surface area contributed by atoms with Crippen LogP contribution in [0.1, 0.15) is 44.0 Å². The van der Waals surface area contributed by atoms with Crippen LogP contribution < -0.4 is 4.74 Å². The number of nitrogens with zero attached hydrogens (tertiary/aromatic N) is 1. The van der Waals surface area contributed by atoms with Gasteiger partial charge in [-0.1, -0.05) is 6.92 Å². The quantitative estimate of drug-likeness (QED) is 0.555. The monoisotopic (exact) mass is 373 g/mol. The number of hydrogen-bond donors (Lipinski definition) is 1. The average molecular weight is 373 g/mol. The first-order valence-electron chi connectivity index (χ1n) is 8.68. The molecule has 0 bridgehead atoms. The summed E-state index contributed by atoms with van der Waals surface area (Å²) in [5.74, 6) is -1.52. The van der Waals surface area contributed by atoms with Gasteiger partial charge in [-0.3, -0.25) is 14.6 Å². The third-order valence-corrected chi connectivity index (χ3v) is 4.60. The molecular weight excluding hydrogens is 350 g/mol. The van der Waals surface area contributed by atoms with Crippen molar-refractivity contribution in [2.45, 2.75) is 39.2 Å². The zero-order valence-electron chi connectivity index (χ0n) is 15.9. The highest BCUT2D eigenvalue weighted by Gasteiger charge is 2.46. The van der Waals surface area contributed by atoms with Crippen molar-refractivity contribution in [2.75, 3.05) is 13.7 Å². The topological polar surface area (TPSA) is 102 Å². The SMILES string of the molecule is CCOC(=O)C1=C(C)C(C(=O)c2ccc(OC)cc2)=NC1(CC)CC(=O)O. The van der Waals surface area contributed by atoms with Crippen LogP contribution in [0, 0.1) is 0 Å². The van der Waals surface area contributed by atoms with Gasteiger partial charge >= 0.3 is 11.9 Å². The zero-order valence-corrected chi connectivity index (χ0v) is 15.9. The number of hydrogen-bond acceptors (Lipinski definition) is 6. The first-order chi connectivity index (χ1) is 12.8. The van der Waals surface area contributed by atoms with Gasteiger partial charge in [-0.05, 0) is 50.1 Å². The minimum Gasteiger partial charge on any atom is -0.497 e. The molecular formula is C20H23NO6. The van der Waals surface area contributed by atoms with Crippen molar-refractivity contribution in [3.8, 4) is 5.75 Å². The molecule has 1 aliphatic rings. The normalized spacial score (nSPS) is 18.9. The number of benzene rings is 1. The van der Waals surface area contributed by atoms with Gasteiger partial charge in [0.25, 0.3) is 0 Å². The molecule has 2 rings (SSSR count). The van der Waals surface area contributed by atoms with E-state index < -0.39 is 23.9 Å². The number of aliphatic imine (C=N–C) groups is 1. The smallest absolute Gasteiger partial charge is 0.336 e. The van der Waals surface area contributed by atoms with Crippen molar-refractivity contribution in [3.05, 3.63) is 41.0 Å². The first kappa shape index (κ1) is 20.4. The predicted octanol–water partition coefficient (Wildman–Crippen LogP) is 2.84. The van der Waals surface area contributed by atoms with Gasteiger partial charge in [-0.2, -0.15) is 0 Å². The fourth-order valence-corrected chi connectivity index (χ4v) is 3.23. The molecule has 0 fully saturated rings. The average Bonchev–Trinajstić information content (AvgIpc) is 2.93. The molecule has 0 aromatic heterocycles. The molecule has 1 N–H and O–H groups in total. The molecule has 1 atom stereocenters. The highest BCUT2D eigenvalue weighted by Crippen LogP contribution is 2.39. The van der Waals surface area contributed by atoms with Crippen LogP contribution in [0.15, 0.2) is 40.4 Å². The Hall–Kier alpha value is -2.96. The number of ketones is 1. The number of carboxylic acid groups (broad SMARTS) is 1. The van der Waals surface area contributed by atoms with Gasteiger partial charge in [-0.25, -0.2) is 4.79 Å². The van der Waals surface area contributed by atoms with E-state index in [1.54, 1.807) is 45.0 Å². The van der Waals surface area contributed by atoms with Crippen LogP contribution in [0.2, 0.25) is 0 Å². The fourth-order valence-electron chi connectivity index (χ4n) is 3.23. The molecule has 1 aromatic carbocycles. The minimum absolute atomic E-state index is 0.0892. The second-order valence-electron chi connectivity index (χ2n) is 6.19. The summed E-state index contributed by atoms with van der Waals surface area (Å²) in [4.78, 5) is 41.4. The van der Waals surface area contributed by atoms with Gasteiger partial charge in [-0.15, -0.1) is 0 Å². The van der Waals surface area contributed by atoms with Gasteiger partial charge in [0.15, 0.2) is 0 Å². The molecule has 144 valence electrons. The fraction of sp³-hybridized carbons (Fsp3) is 0.400. The predicted molar refractivity (Wildman–Crippen MR) is 99.4 cm³/mol. The number of carbonyl (C=O) groups excluding carboxylic acids is 2. The second kappa shape index (κ2) is 8.16. The molecule has 7 heteroatoms. The molecule has 0 amide bonds. The molecule has 0 aliphatic carbocycles. The summed E-state index contributed by atoms with van der Waals surface area (Å²) in [6.45, 7) is 5.15. The molecule has 1 unspecified atom stereocenters. The summed E-state index contributed by atoms with van der Waals surface area (Å²) in [6.07, 6.45) is -0.140. The first-order valence-corrected chi connectivity index (χ1v) is 8.68. The van der Waals surface area contributed by atoms with Gasteiger partial charge < -0.3 is 14.6 Å². The van der Waals surface area contributed by atoms with E-state index >= 15 is 0 Å². The minimum atomic E-state index is -1.31. The Morgan fingerprint density at radius 1 is 1.15 bits per heavy atom. The van der Waals surface area contributed by atoms with Crippen LogP contribution in [0.4, 0.5) is 0 Å². The van der Waals surface area contributed by atoms with Gasteiger partial charge in [0, 0.05) is 5.56 Å². The van der Waals surface area contributed by atoms with Crippen molar-refractivity contribution in [1.29, 1.82) is 0 Å². The van der Waals surface area contributed by atoms with Crippen LogP contribution in [0.3, 0.4) is 0 Å². The molecule has 1 aliphatic heterocycles. The van der Waals surface area contributed by atoms with Gasteiger partial charge in [0.1, 0.15) is 17.0 Å². The van der Waals surface area contributed by atoms with E-state index in [9.17, 15) is 19.5 Å². The Kier molecular flexibility index (Phi) is 6.15. The largest absolute Gasteiger partial charge is 0.497 e. The molecule has 0 saturated carbocycles. The summed E-state index contributed by atoms with van der Waals surface area (Å²) >= 11 is 0. The number of allylic oxidation sites excluding steroid dienone is 1. The molecule has 0 spiro atoms. The zero-order chi connectivity index (χ0) is 20.2. The maximum absolute atomic E-state index is 13.0. The van der Waals surface area contributed by atoms with E-state index in [1.165, 1.54) is 7.11 Å². The van der Waals surface area contributed by atoms with Gasteiger partial charge in [0.05, 0.1) is 25.7 Å². The number of esters is 1. The number of methoxy groups -OCH3 is 1. The lowest BCUT2D eigenvalue weighted by Crippen LogP contribution is -2.34. The summed E-state index contributed by atoms with van der Waals surface area (Å²) in [7, 11) is 1.53. The van der Waals surface area contributed by atoms with E-state index in [4.69, 9.17) is 9.47 Å². The molecule has 7 nitrogen and oxygen atoms in total. The van der Waals surface area contributed by atoms with Crippen molar-refractivity contribution >= 4 is 23.4 Å². The number of rotatable bonds is 8. The molecule has 1 heterocycles. The van der Waals surface area contributed by atoms with E-state index in [-0.39, 0.29) is 30.1 Å². The third kappa shape index (κ3) is 3.92. The molecule has 1 aromatic rings. The Bertz CT molecular complexity index is 821. The Morgan fingerprint density at radius 3 is 2.26 bits per heavy atom. The Morgan fingerprint density at radius 2 is 1.78 bits per heavy atom. The highest BCUT2D eigenvalue weighted by atomic mass is 16.5. The summed E-state index contributed by atoms with van der Waals surface area (Å²) in [5, 5.41) is 9.34. The lowest BCUT2D eigenvalue weighted by atomic mass is 9.83. The summed E-state index contributed by atoms with van der Waals surface area (Å²) in [5.41, 5.74) is -0.339. The Labute approximate surface area is 157 Å². The van der Waals surface area contributed by atoms with Crippen molar-refractivity contribution in [3.63, 3.8) is 0 Å². The van der Waals surface area contributed by atoms with Crippen LogP contribution in [-0.4, -0.2) is 47.8 Å². The highest BCUT2D eigenvalue weighted by molar-refractivity contribution is 6.52. The summed E-state index contributed by atoms with van der Waals surface area (Å²) < 4.78 is 10.2. The summed E-state index contributed by atoms with van der Waals surface area (Å²) in [6, 6.07) is 6.50. The van der Waals surface area contributed by atoms with E-state index in [0.29, 0.717) is 16.9 Å². The maximum Gasteiger partial charge on any atom is 0.336 e. The number of Topliss-reactive ketones (excluding diaryl/α,β-unsaturated/α-hetero) is 1. The van der Waals surface area contributed by atoms with Gasteiger partial charge in [0.2, 0.25) is 5.78 Å². The van der Waals surface area contributed by atoms with E-state index in [1.807, 2.05) is 0 Å². The third-order valence-electron chi connectivity index (χ3n) is 4.60. The number of carbonyl (C=O) groups is 3. The van der Waals surface area contributed by atoms with Crippen molar-refractivity contribution in [1.82, 2.24) is 0 Å². The van der Waals surface area contributed by atoms with E-state index in [0.717, 1.165) is 0 Å². The number of carboxylic acids is 1. The van der Waals surface area contributed by atoms with Crippen molar-refractivity contribution < 1.29 is 29.0 Å². The molecule has 0 radical (unpaired) electrons. The van der Waals surface area contributed by atoms with E-state index in [2.05, 4.69) is 4.99 Å². The van der Waals surface area contributed by atoms with Crippen LogP contribution >= 0.6 is 0 Å². The maximum atomic E-state index is 13.0. The second-order valence-corrected chi connectivity index (χ2v) is 6.19. The lowest BCUT2D eigenvalue weighted by molar-refractivity contribution is -0.140. The number of ether oxygens (including phenoxy) is 2.